The fourth-order valence-electron chi connectivity index (χ4n) is 1.69. The van der Waals surface area contributed by atoms with E-state index < -0.39 is 5.91 Å². The van der Waals surface area contributed by atoms with Crippen LogP contribution in [0.25, 0.3) is 0 Å². The Bertz CT molecular complexity index is 832. The van der Waals surface area contributed by atoms with Crippen molar-refractivity contribution >= 4 is 45.6 Å². The van der Waals surface area contributed by atoms with Gasteiger partial charge in [0.05, 0.1) is 10.6 Å². The molecule has 0 atom stereocenters. The van der Waals surface area contributed by atoms with Crippen molar-refractivity contribution in [1.29, 1.82) is 0 Å². The average molecular weight is 348 g/mol. The van der Waals surface area contributed by atoms with E-state index in [2.05, 4.69) is 20.6 Å². The Morgan fingerprint density at radius 1 is 1.17 bits per heavy atom. The van der Waals surface area contributed by atoms with E-state index in [1.54, 1.807) is 17.5 Å². The predicted molar refractivity (Wildman–Crippen MR) is 88.3 cm³/mol. The highest BCUT2D eigenvalue weighted by Crippen LogP contribution is 2.22. The maximum Gasteiger partial charge on any atom is 0.302 e. The van der Waals surface area contributed by atoms with E-state index >= 15 is 0 Å². The summed E-state index contributed by atoms with van der Waals surface area (Å²) in [6.07, 6.45) is 1.19. The molecule has 0 aliphatic carbocycles. The summed E-state index contributed by atoms with van der Waals surface area (Å²) in [7, 11) is 0. The number of hydrogen-bond donors (Lipinski definition) is 2. The fraction of sp³-hybridized carbons (Fsp3) is 0.143. The van der Waals surface area contributed by atoms with E-state index in [0.29, 0.717) is 10.0 Å². The number of carbonyl (C=O) groups is 2. The van der Waals surface area contributed by atoms with E-state index in [0.717, 1.165) is 10.6 Å². The molecule has 3 heterocycles. The number of aryl methyl sites for hydroxylation is 2. The minimum absolute atomic E-state index is 0.0277. The maximum atomic E-state index is 12.1. The molecule has 7 nitrogen and oxygen atoms in total. The van der Waals surface area contributed by atoms with Crippen molar-refractivity contribution in [2.45, 2.75) is 13.8 Å². The number of aromatic nitrogens is 2. The predicted octanol–water partition coefficient (Wildman–Crippen LogP) is 3.31. The Labute approximate surface area is 139 Å². The van der Waals surface area contributed by atoms with Crippen LogP contribution < -0.4 is 10.6 Å². The van der Waals surface area contributed by atoms with Crippen LogP contribution in [0.3, 0.4) is 0 Å². The van der Waals surface area contributed by atoms with Gasteiger partial charge in [0, 0.05) is 4.88 Å². The van der Waals surface area contributed by atoms with E-state index in [1.807, 2.05) is 13.8 Å². The molecule has 3 aromatic rings. The molecule has 3 rings (SSSR count). The number of nitrogens with zero attached hydrogens (tertiary/aromatic N) is 2. The van der Waals surface area contributed by atoms with Gasteiger partial charge in [0.1, 0.15) is 6.26 Å². The van der Waals surface area contributed by atoms with Crippen LogP contribution in [0.15, 0.2) is 28.2 Å². The van der Waals surface area contributed by atoms with Gasteiger partial charge in [-0.1, -0.05) is 6.07 Å². The number of rotatable bonds is 4. The molecule has 0 saturated carbocycles. The van der Waals surface area contributed by atoms with E-state index in [4.69, 9.17) is 4.42 Å². The molecule has 118 valence electrons. The van der Waals surface area contributed by atoms with Crippen LogP contribution in [0, 0.1) is 13.8 Å². The van der Waals surface area contributed by atoms with Gasteiger partial charge in [0.15, 0.2) is 10.8 Å². The van der Waals surface area contributed by atoms with Gasteiger partial charge in [0.25, 0.3) is 11.8 Å². The standard InChI is InChI=1S/C14H12N4O3S2/c1-7-8(2)23-14(15-7)18-11(19)9-6-21-13(16-9)17-12(20)10-4-3-5-22-10/h3-6H,1-2H3,(H,15,18,19)(H,16,17,20). The second-order valence-electron chi connectivity index (χ2n) is 4.58. The van der Waals surface area contributed by atoms with Crippen molar-refractivity contribution in [3.8, 4) is 0 Å². The number of thiophene rings is 1. The lowest BCUT2D eigenvalue weighted by Gasteiger charge is -1.97. The van der Waals surface area contributed by atoms with Gasteiger partial charge in [-0.3, -0.25) is 20.2 Å². The quantitative estimate of drug-likeness (QED) is 0.754. The van der Waals surface area contributed by atoms with Crippen molar-refractivity contribution in [3.05, 3.63) is 44.9 Å². The maximum absolute atomic E-state index is 12.1. The van der Waals surface area contributed by atoms with Crippen LogP contribution in [0.1, 0.15) is 30.7 Å². The zero-order chi connectivity index (χ0) is 16.4. The summed E-state index contributed by atoms with van der Waals surface area (Å²) in [4.78, 5) is 33.7. The SMILES string of the molecule is Cc1nc(NC(=O)c2coc(NC(=O)c3cccs3)n2)sc1C. The molecule has 0 saturated heterocycles. The van der Waals surface area contributed by atoms with Gasteiger partial charge in [-0.05, 0) is 25.3 Å². The fourth-order valence-corrected chi connectivity index (χ4v) is 3.12. The first-order valence-corrected chi connectivity index (χ1v) is 8.28. The Kier molecular flexibility index (Phi) is 4.22. The smallest absolute Gasteiger partial charge is 0.302 e. The van der Waals surface area contributed by atoms with Crippen molar-refractivity contribution in [2.75, 3.05) is 10.6 Å². The van der Waals surface area contributed by atoms with Gasteiger partial charge in [0.2, 0.25) is 0 Å². The van der Waals surface area contributed by atoms with Gasteiger partial charge < -0.3 is 4.42 Å². The minimum Gasteiger partial charge on any atom is -0.431 e. The van der Waals surface area contributed by atoms with Crippen molar-refractivity contribution < 1.29 is 14.0 Å². The number of thiazole rings is 1. The Morgan fingerprint density at radius 2 is 2.00 bits per heavy atom. The second-order valence-corrected chi connectivity index (χ2v) is 6.73. The molecule has 0 fully saturated rings. The highest BCUT2D eigenvalue weighted by Gasteiger charge is 2.16. The normalized spacial score (nSPS) is 10.5. The summed E-state index contributed by atoms with van der Waals surface area (Å²) in [6, 6.07) is 3.43. The van der Waals surface area contributed by atoms with E-state index in [-0.39, 0.29) is 17.6 Å². The lowest BCUT2D eigenvalue weighted by Crippen LogP contribution is -2.13. The van der Waals surface area contributed by atoms with E-state index in [1.165, 1.54) is 28.9 Å². The third-order valence-electron chi connectivity index (χ3n) is 2.95. The summed E-state index contributed by atoms with van der Waals surface area (Å²) in [5.41, 5.74) is 0.936. The van der Waals surface area contributed by atoms with E-state index in [9.17, 15) is 9.59 Å². The average Bonchev–Trinajstić information content (AvgIpc) is 3.22. The Balaban J connectivity index is 1.66. The molecule has 0 aliphatic rings. The molecule has 9 heteroatoms. The number of nitrogens with one attached hydrogen (secondary N) is 2. The van der Waals surface area contributed by atoms with Gasteiger partial charge in [-0.25, -0.2) is 4.98 Å². The van der Waals surface area contributed by atoms with Crippen molar-refractivity contribution in [2.24, 2.45) is 0 Å². The first-order chi connectivity index (χ1) is 11.0. The molecule has 0 bridgehead atoms. The molecular weight excluding hydrogens is 336 g/mol. The van der Waals surface area contributed by atoms with Crippen LogP contribution in [0.4, 0.5) is 11.1 Å². The van der Waals surface area contributed by atoms with Crippen LogP contribution >= 0.6 is 22.7 Å². The Morgan fingerprint density at radius 3 is 2.65 bits per heavy atom. The van der Waals surface area contributed by atoms with Crippen molar-refractivity contribution in [1.82, 2.24) is 9.97 Å². The molecule has 2 amide bonds. The van der Waals surface area contributed by atoms with Crippen molar-refractivity contribution in [3.63, 3.8) is 0 Å². The number of hydrogen-bond acceptors (Lipinski definition) is 7. The zero-order valence-electron chi connectivity index (χ0n) is 12.2. The largest absolute Gasteiger partial charge is 0.431 e. The van der Waals surface area contributed by atoms with Gasteiger partial charge >= 0.3 is 6.01 Å². The molecule has 0 unspecified atom stereocenters. The highest BCUT2D eigenvalue weighted by atomic mass is 32.1. The molecule has 3 aromatic heterocycles. The van der Waals surface area contributed by atoms with Gasteiger partial charge in [-0.15, -0.1) is 22.7 Å². The number of anilines is 2. The number of oxazole rings is 1. The third-order valence-corrected chi connectivity index (χ3v) is 4.81. The molecule has 0 radical (unpaired) electrons. The monoisotopic (exact) mass is 348 g/mol. The summed E-state index contributed by atoms with van der Waals surface area (Å²) in [5.74, 6) is -0.779. The lowest BCUT2D eigenvalue weighted by atomic mass is 10.4. The molecule has 23 heavy (non-hydrogen) atoms. The first kappa shape index (κ1) is 15.4. The Hall–Kier alpha value is -2.52. The highest BCUT2D eigenvalue weighted by molar-refractivity contribution is 7.15. The molecule has 0 aromatic carbocycles. The zero-order valence-corrected chi connectivity index (χ0v) is 13.9. The molecule has 0 aliphatic heterocycles. The number of amides is 2. The van der Waals surface area contributed by atoms with Crippen LogP contribution in [-0.2, 0) is 0 Å². The summed E-state index contributed by atoms with van der Waals surface area (Å²) >= 11 is 2.68. The van der Waals surface area contributed by atoms with Crippen LogP contribution in [-0.4, -0.2) is 21.8 Å². The molecule has 0 spiro atoms. The first-order valence-electron chi connectivity index (χ1n) is 6.58. The van der Waals surface area contributed by atoms with Crippen LogP contribution in [0.5, 0.6) is 0 Å². The summed E-state index contributed by atoms with van der Waals surface area (Å²) in [5, 5.41) is 7.44. The summed E-state index contributed by atoms with van der Waals surface area (Å²) in [6.45, 7) is 3.80. The third kappa shape index (κ3) is 3.46. The number of carbonyl (C=O) groups excluding carboxylic acids is 2. The topological polar surface area (TPSA) is 97.1 Å². The lowest BCUT2D eigenvalue weighted by molar-refractivity contribution is 0.101. The second kappa shape index (κ2) is 6.31. The van der Waals surface area contributed by atoms with Gasteiger partial charge in [-0.2, -0.15) is 4.98 Å². The minimum atomic E-state index is -0.445. The van der Waals surface area contributed by atoms with Crippen LogP contribution in [0.2, 0.25) is 0 Å². The summed E-state index contributed by atoms with van der Waals surface area (Å²) < 4.78 is 5.10. The molecule has 2 N–H and O–H groups in total. The molecular formula is C14H12N4O3S2.